The normalized spacial score (nSPS) is 14.6. The van der Waals surface area contributed by atoms with Gasteiger partial charge in [0.15, 0.2) is 5.78 Å². The zero-order valence-corrected chi connectivity index (χ0v) is 16.0. The third-order valence-electron chi connectivity index (χ3n) is 4.56. The maximum Gasteiger partial charge on any atom is 0.309 e. The topological polar surface area (TPSA) is 94.8 Å². The zero-order valence-electron chi connectivity index (χ0n) is 16.0. The summed E-state index contributed by atoms with van der Waals surface area (Å²) in [5, 5.41) is 28.8. The van der Waals surface area contributed by atoms with Crippen molar-refractivity contribution >= 4 is 11.8 Å². The van der Waals surface area contributed by atoms with E-state index in [0.29, 0.717) is 19.3 Å². The van der Waals surface area contributed by atoms with Crippen molar-refractivity contribution in [1.29, 1.82) is 0 Å². The fourth-order valence-corrected chi connectivity index (χ4v) is 2.51. The first-order valence-corrected chi connectivity index (χ1v) is 9.52. The number of rotatable bonds is 15. The van der Waals surface area contributed by atoms with E-state index in [9.17, 15) is 19.8 Å². The molecule has 0 saturated heterocycles. The highest BCUT2D eigenvalue weighted by Crippen LogP contribution is 2.22. The van der Waals surface area contributed by atoms with Gasteiger partial charge in [-0.15, -0.1) is 0 Å². The SMILES string of the molecule is CCCCCCCCCC(O)C(O)C(=O)/C=C\CCC(C)(C)C(=O)O. The fraction of sp³-hybridized carbons (Fsp3) is 0.800. The number of aliphatic hydroxyl groups excluding tert-OH is 2. The van der Waals surface area contributed by atoms with Gasteiger partial charge in [-0.25, -0.2) is 0 Å². The lowest BCUT2D eigenvalue weighted by Gasteiger charge is -2.17. The highest BCUT2D eigenvalue weighted by Gasteiger charge is 2.26. The number of unbranched alkanes of at least 4 members (excludes halogenated alkanes) is 6. The Labute approximate surface area is 152 Å². The Morgan fingerprint density at radius 2 is 1.56 bits per heavy atom. The number of carbonyl (C=O) groups excluding carboxylic acids is 1. The zero-order chi connectivity index (χ0) is 19.3. The molecule has 0 heterocycles. The maximum atomic E-state index is 11.8. The summed E-state index contributed by atoms with van der Waals surface area (Å²) in [6, 6.07) is 0. The number of allylic oxidation sites excluding steroid dienone is 1. The Bertz CT molecular complexity index is 414. The number of aliphatic hydroxyl groups is 2. The van der Waals surface area contributed by atoms with Gasteiger partial charge < -0.3 is 15.3 Å². The molecule has 0 aromatic carbocycles. The molecule has 0 aliphatic heterocycles. The molecule has 0 fully saturated rings. The fourth-order valence-electron chi connectivity index (χ4n) is 2.51. The van der Waals surface area contributed by atoms with Crippen molar-refractivity contribution in [3.63, 3.8) is 0 Å². The minimum absolute atomic E-state index is 0.406. The second-order valence-electron chi connectivity index (χ2n) is 7.45. The summed E-state index contributed by atoms with van der Waals surface area (Å²) in [6.07, 6.45) is 9.46. The van der Waals surface area contributed by atoms with Crippen molar-refractivity contribution in [3.8, 4) is 0 Å². The maximum absolute atomic E-state index is 11.8. The van der Waals surface area contributed by atoms with E-state index in [4.69, 9.17) is 5.11 Å². The summed E-state index contributed by atoms with van der Waals surface area (Å²) >= 11 is 0. The van der Waals surface area contributed by atoms with Crippen molar-refractivity contribution in [2.24, 2.45) is 5.41 Å². The van der Waals surface area contributed by atoms with Crippen molar-refractivity contribution < 1.29 is 24.9 Å². The predicted molar refractivity (Wildman–Crippen MR) is 99.4 cm³/mol. The summed E-state index contributed by atoms with van der Waals surface area (Å²) < 4.78 is 0. The molecule has 3 N–H and O–H groups in total. The van der Waals surface area contributed by atoms with Gasteiger partial charge in [-0.3, -0.25) is 9.59 Å². The van der Waals surface area contributed by atoms with Crippen LogP contribution in [0.3, 0.4) is 0 Å². The van der Waals surface area contributed by atoms with Crippen molar-refractivity contribution in [1.82, 2.24) is 0 Å². The molecule has 0 saturated carbocycles. The van der Waals surface area contributed by atoms with Crippen molar-refractivity contribution in [3.05, 3.63) is 12.2 Å². The molecule has 0 bridgehead atoms. The number of hydrogen-bond acceptors (Lipinski definition) is 4. The van der Waals surface area contributed by atoms with Gasteiger partial charge >= 0.3 is 5.97 Å². The average molecular weight is 357 g/mol. The molecule has 5 heteroatoms. The number of hydrogen-bond donors (Lipinski definition) is 3. The Morgan fingerprint density at radius 3 is 2.12 bits per heavy atom. The van der Waals surface area contributed by atoms with Gasteiger partial charge in [0.1, 0.15) is 6.10 Å². The van der Waals surface area contributed by atoms with Crippen LogP contribution in [0.15, 0.2) is 12.2 Å². The van der Waals surface area contributed by atoms with Crippen molar-refractivity contribution in [2.45, 2.75) is 97.2 Å². The number of carboxylic acid groups (broad SMARTS) is 1. The van der Waals surface area contributed by atoms with Gasteiger partial charge in [0.25, 0.3) is 0 Å². The van der Waals surface area contributed by atoms with Gasteiger partial charge in [-0.1, -0.05) is 57.9 Å². The van der Waals surface area contributed by atoms with Crippen LogP contribution in [0.2, 0.25) is 0 Å². The number of carboxylic acids is 1. The molecule has 25 heavy (non-hydrogen) atoms. The van der Waals surface area contributed by atoms with E-state index in [-0.39, 0.29) is 0 Å². The summed E-state index contributed by atoms with van der Waals surface area (Å²) in [7, 11) is 0. The van der Waals surface area contributed by atoms with Crippen LogP contribution in [0.5, 0.6) is 0 Å². The molecule has 0 aromatic rings. The minimum atomic E-state index is -1.40. The predicted octanol–water partition coefficient (Wildman–Crippen LogP) is 3.87. The molecule has 2 unspecified atom stereocenters. The molecule has 146 valence electrons. The van der Waals surface area contributed by atoms with E-state index in [0.717, 1.165) is 19.3 Å². The Hall–Kier alpha value is -1.20. The van der Waals surface area contributed by atoms with Crippen LogP contribution >= 0.6 is 0 Å². The van der Waals surface area contributed by atoms with E-state index in [1.54, 1.807) is 19.9 Å². The van der Waals surface area contributed by atoms with Gasteiger partial charge in [-0.05, 0) is 39.2 Å². The lowest BCUT2D eigenvalue weighted by Crippen LogP contribution is -2.32. The molecule has 0 spiro atoms. The molecule has 0 radical (unpaired) electrons. The van der Waals surface area contributed by atoms with E-state index in [1.165, 1.54) is 31.8 Å². The number of carbonyl (C=O) groups is 2. The average Bonchev–Trinajstić information content (AvgIpc) is 2.56. The van der Waals surface area contributed by atoms with Crippen LogP contribution in [-0.2, 0) is 9.59 Å². The van der Waals surface area contributed by atoms with Crippen LogP contribution < -0.4 is 0 Å². The molecular formula is C20H36O5. The van der Waals surface area contributed by atoms with Gasteiger partial charge in [0.05, 0.1) is 11.5 Å². The van der Waals surface area contributed by atoms with Crippen LogP contribution in [-0.4, -0.2) is 39.3 Å². The van der Waals surface area contributed by atoms with Crippen molar-refractivity contribution in [2.75, 3.05) is 0 Å². The summed E-state index contributed by atoms with van der Waals surface area (Å²) in [6.45, 7) is 5.44. The molecule has 2 atom stereocenters. The third kappa shape index (κ3) is 11.1. The van der Waals surface area contributed by atoms with E-state index in [1.807, 2.05) is 0 Å². The van der Waals surface area contributed by atoms with Gasteiger partial charge in [0.2, 0.25) is 0 Å². The second kappa shape index (κ2) is 13.1. The Balaban J connectivity index is 3.98. The Kier molecular flexibility index (Phi) is 12.4. The summed E-state index contributed by atoms with van der Waals surface area (Å²) in [4.78, 5) is 22.8. The highest BCUT2D eigenvalue weighted by atomic mass is 16.4. The van der Waals surface area contributed by atoms with E-state index < -0.39 is 29.4 Å². The second-order valence-corrected chi connectivity index (χ2v) is 7.45. The van der Waals surface area contributed by atoms with Crippen LogP contribution in [0.1, 0.15) is 85.0 Å². The first-order chi connectivity index (χ1) is 11.7. The van der Waals surface area contributed by atoms with E-state index in [2.05, 4.69) is 6.92 Å². The minimum Gasteiger partial charge on any atom is -0.481 e. The van der Waals surface area contributed by atoms with Crippen LogP contribution in [0.25, 0.3) is 0 Å². The van der Waals surface area contributed by atoms with Gasteiger partial charge in [-0.2, -0.15) is 0 Å². The molecule has 0 aliphatic carbocycles. The molecule has 0 aromatic heterocycles. The Morgan fingerprint density at radius 1 is 1.00 bits per heavy atom. The quantitative estimate of drug-likeness (QED) is 0.306. The molecule has 0 amide bonds. The van der Waals surface area contributed by atoms with Gasteiger partial charge in [0, 0.05) is 0 Å². The standard InChI is InChI=1S/C20H36O5/c1-4-5-6-7-8-9-10-13-16(21)18(23)17(22)14-11-12-15-20(2,3)19(24)25/h11,14,16,18,21,23H,4-10,12-13,15H2,1-3H3,(H,24,25)/b14-11-. The first kappa shape index (κ1) is 23.8. The lowest BCUT2D eigenvalue weighted by molar-refractivity contribution is -0.147. The monoisotopic (exact) mass is 356 g/mol. The highest BCUT2D eigenvalue weighted by molar-refractivity contribution is 5.93. The largest absolute Gasteiger partial charge is 0.481 e. The third-order valence-corrected chi connectivity index (χ3v) is 4.56. The summed E-state index contributed by atoms with van der Waals surface area (Å²) in [5.41, 5.74) is -0.845. The van der Waals surface area contributed by atoms with Crippen LogP contribution in [0.4, 0.5) is 0 Å². The first-order valence-electron chi connectivity index (χ1n) is 9.52. The lowest BCUT2D eigenvalue weighted by atomic mass is 9.88. The molecule has 5 nitrogen and oxygen atoms in total. The summed E-state index contributed by atoms with van der Waals surface area (Å²) in [5.74, 6) is -1.40. The van der Waals surface area contributed by atoms with E-state index >= 15 is 0 Å². The van der Waals surface area contributed by atoms with Crippen LogP contribution in [0, 0.1) is 5.41 Å². The molecular weight excluding hydrogens is 320 g/mol. The molecule has 0 rings (SSSR count). The number of aliphatic carboxylic acids is 1. The smallest absolute Gasteiger partial charge is 0.309 e. The molecule has 0 aliphatic rings. The number of ketones is 1.